The van der Waals surface area contributed by atoms with Crippen molar-refractivity contribution in [2.45, 2.75) is 13.8 Å². The molecule has 184 valence electrons. The second-order valence-corrected chi connectivity index (χ2v) is 9.85. The summed E-state index contributed by atoms with van der Waals surface area (Å²) >= 11 is 0. The van der Waals surface area contributed by atoms with Gasteiger partial charge in [-0.25, -0.2) is 0 Å². The summed E-state index contributed by atoms with van der Waals surface area (Å²) in [7, 11) is -7.32. The molecule has 0 atom stereocenters. The van der Waals surface area contributed by atoms with E-state index in [1.54, 1.807) is 0 Å². The van der Waals surface area contributed by atoms with Crippen LogP contribution in [0, 0.1) is 0 Å². The van der Waals surface area contributed by atoms with Gasteiger partial charge in [0.2, 0.25) is 0 Å². The van der Waals surface area contributed by atoms with Crippen LogP contribution in [-0.4, -0.2) is 136 Å². The van der Waals surface area contributed by atoms with Gasteiger partial charge in [-0.2, -0.15) is 16.8 Å². The van der Waals surface area contributed by atoms with E-state index in [-0.39, 0.29) is 11.5 Å². The maximum atomic E-state index is 9.56. The number of aliphatic hydroxyl groups excluding tert-OH is 2. The molecule has 0 aromatic heterocycles. The van der Waals surface area contributed by atoms with Crippen molar-refractivity contribution in [3.8, 4) is 0 Å². The van der Waals surface area contributed by atoms with E-state index in [4.69, 9.17) is 19.3 Å². The first-order valence-corrected chi connectivity index (χ1v) is 13.2. The molecule has 14 heteroatoms. The molecular formula is C16H40N4O8S2. The minimum absolute atomic E-state index is 0.201. The molecule has 0 aromatic rings. The monoisotopic (exact) mass is 480 g/mol. The largest absolute Gasteiger partial charge is 0.395 e. The lowest BCUT2D eigenvalue weighted by molar-refractivity contribution is 0.180. The summed E-state index contributed by atoms with van der Waals surface area (Å²) in [5.74, 6) is -0.403. The molecule has 0 radical (unpaired) electrons. The Kier molecular flexibility index (Phi) is 20.4. The van der Waals surface area contributed by atoms with E-state index in [1.165, 1.54) is 13.8 Å². The molecule has 2 rings (SSSR count). The highest BCUT2D eigenvalue weighted by Gasteiger charge is 2.07. The van der Waals surface area contributed by atoms with Crippen molar-refractivity contribution in [2.75, 3.05) is 90.2 Å². The minimum atomic E-state index is -3.66. The highest BCUT2D eigenvalue weighted by molar-refractivity contribution is 7.85. The Hall–Kier alpha value is -0.420. The summed E-state index contributed by atoms with van der Waals surface area (Å²) in [6, 6.07) is 0. The Morgan fingerprint density at radius 2 is 0.900 bits per heavy atom. The zero-order valence-electron chi connectivity index (χ0n) is 18.0. The minimum Gasteiger partial charge on any atom is -0.395 e. The fraction of sp³-hybridized carbons (Fsp3) is 1.00. The van der Waals surface area contributed by atoms with E-state index >= 15 is 0 Å². The van der Waals surface area contributed by atoms with Gasteiger partial charge in [-0.05, 0) is 13.8 Å². The summed E-state index contributed by atoms with van der Waals surface area (Å²) in [6.07, 6.45) is 0. The molecular weight excluding hydrogens is 440 g/mol. The van der Waals surface area contributed by atoms with Crippen molar-refractivity contribution in [3.63, 3.8) is 0 Å². The molecule has 0 amide bonds. The number of aliphatic hydroxyl groups is 2. The van der Waals surface area contributed by atoms with Gasteiger partial charge in [0.1, 0.15) is 0 Å². The van der Waals surface area contributed by atoms with Crippen molar-refractivity contribution in [3.05, 3.63) is 0 Å². The highest BCUT2D eigenvalue weighted by Crippen LogP contribution is 1.89. The number of hydrogen-bond donors (Lipinski definition) is 6. The second-order valence-electron chi connectivity index (χ2n) is 6.37. The number of rotatable bonds is 6. The van der Waals surface area contributed by atoms with Crippen LogP contribution >= 0.6 is 0 Å². The Labute approximate surface area is 181 Å². The summed E-state index contributed by atoms with van der Waals surface area (Å²) < 4.78 is 53.8. The van der Waals surface area contributed by atoms with Crippen molar-refractivity contribution in [1.29, 1.82) is 0 Å². The third-order valence-corrected chi connectivity index (χ3v) is 5.44. The Balaban J connectivity index is 0. The van der Waals surface area contributed by atoms with Gasteiger partial charge in [0.25, 0.3) is 20.2 Å². The first kappa shape index (κ1) is 31.8. The lowest BCUT2D eigenvalue weighted by atomic mass is 10.4. The Morgan fingerprint density at radius 3 is 1.07 bits per heavy atom. The lowest BCUT2D eigenvalue weighted by Gasteiger charge is -2.25. The van der Waals surface area contributed by atoms with Crippen LogP contribution in [0.1, 0.15) is 13.8 Å². The fourth-order valence-corrected chi connectivity index (χ4v) is 2.15. The Morgan fingerprint density at radius 1 is 0.667 bits per heavy atom. The smallest absolute Gasteiger partial charge is 0.264 e. The third kappa shape index (κ3) is 25.6. The fourth-order valence-electron chi connectivity index (χ4n) is 2.15. The number of β-amino-alcohol motifs (C(OH)–C–C–N with tert-alkyl or cyclic N) is 2. The van der Waals surface area contributed by atoms with Crippen LogP contribution < -0.4 is 10.6 Å². The van der Waals surface area contributed by atoms with E-state index in [2.05, 4.69) is 20.4 Å². The first-order valence-electron chi connectivity index (χ1n) is 9.97. The number of nitrogens with one attached hydrogen (secondary N) is 2. The standard InChI is InChI=1S/2C6H14N2O.2C2H6O3S/c2*9-6-5-8-3-1-7-2-4-8;2*1-2-6(3,4)5/h2*7,9H,1-6H2;2*2H2,1H3,(H,3,4,5). The van der Waals surface area contributed by atoms with Gasteiger partial charge in [-0.3, -0.25) is 18.9 Å². The molecule has 2 saturated heterocycles. The quantitative estimate of drug-likeness (QED) is 0.221. The van der Waals surface area contributed by atoms with Crippen LogP contribution in [0.15, 0.2) is 0 Å². The summed E-state index contributed by atoms with van der Waals surface area (Å²) in [4.78, 5) is 4.52. The number of hydrogen-bond acceptors (Lipinski definition) is 10. The lowest BCUT2D eigenvalue weighted by Crippen LogP contribution is -2.44. The van der Waals surface area contributed by atoms with Gasteiger partial charge in [0.05, 0.1) is 24.7 Å². The molecule has 0 unspecified atom stereocenters. The summed E-state index contributed by atoms with van der Waals surface area (Å²) in [5.41, 5.74) is 0. The van der Waals surface area contributed by atoms with Crippen LogP contribution in [0.5, 0.6) is 0 Å². The molecule has 0 aromatic carbocycles. The maximum Gasteiger partial charge on any atom is 0.264 e. The SMILES string of the molecule is CCS(=O)(=O)O.CCS(=O)(=O)O.OCCN1CCNCC1.OCCN1CCNCC1. The highest BCUT2D eigenvalue weighted by atomic mass is 32.2. The summed E-state index contributed by atoms with van der Waals surface area (Å²) in [6.45, 7) is 13.6. The van der Waals surface area contributed by atoms with E-state index in [1.807, 2.05) is 0 Å². The van der Waals surface area contributed by atoms with Crippen LogP contribution in [0.4, 0.5) is 0 Å². The van der Waals surface area contributed by atoms with Crippen LogP contribution in [0.25, 0.3) is 0 Å². The van der Waals surface area contributed by atoms with E-state index in [9.17, 15) is 16.8 Å². The number of nitrogens with zero attached hydrogens (tertiary/aromatic N) is 2. The Bertz CT molecular complexity index is 521. The van der Waals surface area contributed by atoms with E-state index in [0.29, 0.717) is 13.2 Å². The van der Waals surface area contributed by atoms with Gasteiger partial charge in [-0.15, -0.1) is 0 Å². The predicted molar refractivity (Wildman–Crippen MR) is 117 cm³/mol. The molecule has 30 heavy (non-hydrogen) atoms. The zero-order chi connectivity index (χ0) is 23.5. The van der Waals surface area contributed by atoms with Gasteiger partial charge in [0.15, 0.2) is 0 Å². The van der Waals surface area contributed by atoms with Crippen LogP contribution in [0.2, 0.25) is 0 Å². The molecule has 0 spiro atoms. The van der Waals surface area contributed by atoms with E-state index < -0.39 is 20.2 Å². The maximum absolute atomic E-state index is 9.56. The van der Waals surface area contributed by atoms with Crippen molar-refractivity contribution in [1.82, 2.24) is 20.4 Å². The van der Waals surface area contributed by atoms with Gasteiger partial charge in [-0.1, -0.05) is 0 Å². The predicted octanol–water partition coefficient (Wildman–Crippen LogP) is -2.44. The van der Waals surface area contributed by atoms with Crippen LogP contribution in [-0.2, 0) is 20.2 Å². The normalized spacial score (nSPS) is 18.1. The van der Waals surface area contributed by atoms with E-state index in [0.717, 1.165) is 65.4 Å². The molecule has 0 saturated carbocycles. The molecule has 2 fully saturated rings. The molecule has 12 nitrogen and oxygen atoms in total. The summed E-state index contributed by atoms with van der Waals surface area (Å²) in [5, 5.41) is 23.6. The van der Waals surface area contributed by atoms with Gasteiger partial charge < -0.3 is 20.8 Å². The molecule has 2 heterocycles. The third-order valence-electron chi connectivity index (χ3n) is 3.98. The van der Waals surface area contributed by atoms with Crippen LogP contribution in [0.3, 0.4) is 0 Å². The number of piperazine rings is 2. The van der Waals surface area contributed by atoms with Gasteiger partial charge in [0, 0.05) is 65.4 Å². The molecule has 6 N–H and O–H groups in total. The van der Waals surface area contributed by atoms with Gasteiger partial charge >= 0.3 is 0 Å². The molecule has 0 aliphatic carbocycles. The molecule has 0 bridgehead atoms. The molecule has 2 aliphatic heterocycles. The molecule has 2 aliphatic rings. The average Bonchev–Trinajstić information content (AvgIpc) is 2.71. The second kappa shape index (κ2) is 19.3. The van der Waals surface area contributed by atoms with Crippen molar-refractivity contribution >= 4 is 20.2 Å². The first-order chi connectivity index (χ1) is 14.0. The average molecular weight is 481 g/mol. The van der Waals surface area contributed by atoms with Crippen molar-refractivity contribution in [2.24, 2.45) is 0 Å². The topological polar surface area (TPSA) is 180 Å². The zero-order valence-corrected chi connectivity index (χ0v) is 19.7. The van der Waals surface area contributed by atoms with Crippen molar-refractivity contribution < 1.29 is 36.2 Å².